The Kier molecular flexibility index (Phi) is 49.8. The Hall–Kier alpha value is -4.62. The molecule has 0 spiro atoms. The van der Waals surface area contributed by atoms with Crippen molar-refractivity contribution in [2.75, 3.05) is 0 Å². The fourth-order valence-electron chi connectivity index (χ4n) is 8.41. The highest BCUT2D eigenvalue weighted by molar-refractivity contribution is 6.05. The van der Waals surface area contributed by atoms with Crippen molar-refractivity contribution >= 4 is 81.0 Å². The van der Waals surface area contributed by atoms with E-state index in [1.165, 1.54) is 6.42 Å². The van der Waals surface area contributed by atoms with Crippen LogP contribution in [0.15, 0.2) is 0 Å². The topological polar surface area (TPSA) is 239 Å². The van der Waals surface area contributed by atoms with E-state index in [0.717, 1.165) is 57.8 Å². The molecule has 1 aliphatic carbocycles. The largest absolute Gasteiger partial charge is 0.299 e. The average Bonchev–Trinajstić information content (AvgIpc) is 0.977. The lowest BCUT2D eigenvalue weighted by Crippen LogP contribution is -2.32. The van der Waals surface area contributed by atoms with E-state index in [-0.39, 0.29) is 176 Å². The fourth-order valence-corrected chi connectivity index (χ4v) is 8.41. The monoisotopic (exact) mass is 1370 g/mol. The normalized spacial score (nSPS) is 13.5. The smallest absolute Gasteiger partial charge is 0.146 e. The van der Waals surface area contributed by atoms with E-state index in [9.17, 15) is 67.1 Å². The molecule has 1 unspecified atom stereocenters. The fraction of sp³-hybridized carbons (Fsp3) is 0.831. The van der Waals surface area contributed by atoms with Crippen LogP contribution in [0.2, 0.25) is 0 Å². The Balaban J connectivity index is -0.000000249. The molecule has 0 amide bonds. The van der Waals surface area contributed by atoms with Gasteiger partial charge in [-0.2, -0.15) is 0 Å². The molecule has 14 heteroatoms. The molecule has 1 saturated carbocycles. The quantitative estimate of drug-likeness (QED) is 0.0662. The molecule has 566 valence electrons. The number of carbonyl (C=O) groups excluding carboxylic acids is 14. The molecule has 0 aromatic carbocycles. The van der Waals surface area contributed by atoms with E-state index in [1.807, 2.05) is 242 Å². The van der Waals surface area contributed by atoms with E-state index in [2.05, 4.69) is 0 Å². The van der Waals surface area contributed by atoms with Crippen molar-refractivity contribution in [3.05, 3.63) is 0 Å². The molecule has 0 aliphatic heterocycles. The Morgan fingerprint density at radius 1 is 0.340 bits per heavy atom. The van der Waals surface area contributed by atoms with Gasteiger partial charge < -0.3 is 0 Å². The van der Waals surface area contributed by atoms with E-state index < -0.39 is 16.2 Å². The molecule has 97 heavy (non-hydrogen) atoms. The minimum atomic E-state index is -0.405. The molecule has 1 aliphatic rings. The molecule has 0 heterocycles. The molecule has 1 atom stereocenters. The van der Waals surface area contributed by atoms with Gasteiger partial charge in [0.15, 0.2) is 0 Å². The van der Waals surface area contributed by atoms with Crippen LogP contribution in [0.5, 0.6) is 0 Å². The second kappa shape index (κ2) is 46.7. The molecule has 1 fully saturated rings. The first kappa shape index (κ1) is 103. The maximum Gasteiger partial charge on any atom is 0.146 e. The van der Waals surface area contributed by atoms with Crippen LogP contribution in [0.25, 0.3) is 0 Å². The highest BCUT2D eigenvalue weighted by Crippen LogP contribution is 2.31. The molecule has 0 radical (unpaired) electrons. The summed E-state index contributed by atoms with van der Waals surface area (Å²) in [6, 6.07) is 0. The molecule has 0 aromatic heterocycles. The van der Waals surface area contributed by atoms with Gasteiger partial charge >= 0.3 is 0 Å². The summed E-state index contributed by atoms with van der Waals surface area (Å²) in [6.07, 6.45) is 11.9. The molecule has 1 rings (SSSR count). The van der Waals surface area contributed by atoms with Gasteiger partial charge in [-0.15, -0.1) is 0 Å². The van der Waals surface area contributed by atoms with Crippen LogP contribution in [0.3, 0.4) is 0 Å². The van der Waals surface area contributed by atoms with Gasteiger partial charge in [-0.25, -0.2) is 0 Å². The Morgan fingerprint density at radius 2 is 0.639 bits per heavy atom. The average molecular weight is 1370 g/mol. The van der Waals surface area contributed by atoms with Crippen LogP contribution >= 0.6 is 0 Å². The summed E-state index contributed by atoms with van der Waals surface area (Å²) in [4.78, 5) is 162. The third kappa shape index (κ3) is 53.0. The van der Waals surface area contributed by atoms with E-state index in [0.29, 0.717) is 31.1 Å². The van der Waals surface area contributed by atoms with Crippen molar-refractivity contribution in [1.82, 2.24) is 0 Å². The van der Waals surface area contributed by atoms with Crippen LogP contribution in [-0.4, -0.2) is 81.0 Å². The van der Waals surface area contributed by atoms with Gasteiger partial charge in [0.25, 0.3) is 0 Å². The third-order valence-corrected chi connectivity index (χ3v) is 17.4. The lowest BCUT2D eigenvalue weighted by molar-refractivity contribution is -0.137. The maximum atomic E-state index is 12.0. The molecular formula is C83H150O14. The predicted molar refractivity (Wildman–Crippen MR) is 400 cm³/mol. The summed E-state index contributed by atoms with van der Waals surface area (Å²) in [5.74, 6) is 1.85. The van der Waals surface area contributed by atoms with Crippen molar-refractivity contribution in [2.24, 2.45) is 78.3 Å². The van der Waals surface area contributed by atoms with Gasteiger partial charge in [-0.05, 0) is 62.2 Å². The maximum absolute atomic E-state index is 12.0. The highest BCUT2D eigenvalue weighted by atomic mass is 16.2. The minimum absolute atomic E-state index is 0.0127. The number of hydrogen-bond acceptors (Lipinski definition) is 14. The van der Waals surface area contributed by atoms with Gasteiger partial charge in [0.2, 0.25) is 0 Å². The van der Waals surface area contributed by atoms with Crippen LogP contribution in [0.4, 0.5) is 0 Å². The summed E-state index contributed by atoms with van der Waals surface area (Å²) in [6.45, 7) is 66.7. The summed E-state index contributed by atoms with van der Waals surface area (Å²) in [7, 11) is 0. The van der Waals surface area contributed by atoms with Crippen molar-refractivity contribution < 1.29 is 67.1 Å². The Morgan fingerprint density at radius 3 is 0.928 bits per heavy atom. The van der Waals surface area contributed by atoms with E-state index in [1.54, 1.807) is 0 Å². The van der Waals surface area contributed by atoms with Crippen molar-refractivity contribution in [3.8, 4) is 0 Å². The van der Waals surface area contributed by atoms with Crippen LogP contribution in [-0.2, 0) is 67.1 Å². The van der Waals surface area contributed by atoms with E-state index >= 15 is 0 Å². The molecule has 0 aromatic rings. The summed E-state index contributed by atoms with van der Waals surface area (Å²) in [5.41, 5.74) is -3.05. The first-order valence-electron chi connectivity index (χ1n) is 36.6. The molecular weight excluding hydrogens is 1220 g/mol. The second-order valence-corrected chi connectivity index (χ2v) is 36.6. The summed E-state index contributed by atoms with van der Waals surface area (Å²) >= 11 is 0. The van der Waals surface area contributed by atoms with E-state index in [4.69, 9.17) is 0 Å². The van der Waals surface area contributed by atoms with Gasteiger partial charge in [-0.3, -0.25) is 67.1 Å². The van der Waals surface area contributed by atoms with Crippen LogP contribution in [0.1, 0.15) is 371 Å². The minimum Gasteiger partial charge on any atom is -0.299 e. The van der Waals surface area contributed by atoms with Crippen molar-refractivity contribution in [2.45, 2.75) is 371 Å². The number of carbonyl (C=O) groups is 14. The third-order valence-electron chi connectivity index (χ3n) is 17.4. The molecule has 14 nitrogen and oxygen atoms in total. The first-order chi connectivity index (χ1) is 43.2. The number of hydrogen-bond donors (Lipinski definition) is 0. The Bertz CT molecular complexity index is 2440. The van der Waals surface area contributed by atoms with Crippen molar-refractivity contribution in [3.63, 3.8) is 0 Å². The zero-order chi connectivity index (χ0) is 78.6. The molecule has 0 N–H and O–H groups in total. The van der Waals surface area contributed by atoms with Gasteiger partial charge in [0.1, 0.15) is 81.0 Å². The molecule has 0 bridgehead atoms. The first-order valence-corrected chi connectivity index (χ1v) is 36.6. The number of Topliss-reactive ketones (excluding diaryl/α,β-unsaturated/α-hetero) is 14. The number of rotatable bonds is 28. The SMILES string of the molecule is CC(C)(C)C(=O)CC(=O)C1CCCCC1.CC(C)(C)CC(=O)CC(=O)C(C)(C)C.CC(C)C(C)C(=O)CC(=O)C(C)(C)C.CC(C)CC(=O)CC(=O)C(C)(C)C.CCC(C)(CC)C(=O)CC(=O)C(C)(C)C.CCC(CC)C(=O)CC(=O)C(C)(C)C.CCCC(=O)CC(=O)C(C)(C)C. The molecule has 0 saturated heterocycles. The van der Waals surface area contributed by atoms with Crippen LogP contribution < -0.4 is 0 Å². The summed E-state index contributed by atoms with van der Waals surface area (Å²) in [5, 5.41) is 0. The standard InChI is InChI=1S/C13H22O2.C13H24O2.3C12H22O2.C11H20O2.C10H18O2/c1-13(2,3)12(15)9-11(14)10-7-5-4-6-8-10;1-7-13(6,8-2)11(15)9-10(14)12(3,4)5;1-11(2,3)8-9(13)7-10(14)12(4,5)6;1-8(2)9(3)10(13)7-11(14)12(4,5)6;1-6-9(7-2)10(13)8-11(14)12(3,4)5;1-8(2)6-9(12)7-10(13)11(3,4)5;1-5-6-8(11)7-9(12)10(2,3)4/h10H,4-9H2,1-3H3;7-9H2,1-6H3;7-8H2,1-6H3;8-9H,7H2,1-6H3;9H,6-8H2,1-5H3;8H,6-7H2,1-5H3;5-7H2,1-4H3. The van der Waals surface area contributed by atoms with Crippen molar-refractivity contribution in [1.29, 1.82) is 0 Å². The zero-order valence-corrected chi connectivity index (χ0v) is 69.2. The predicted octanol–water partition coefficient (Wildman–Crippen LogP) is 20.3. The van der Waals surface area contributed by atoms with Gasteiger partial charge in [0, 0.05) is 80.3 Å². The highest BCUT2D eigenvalue weighted by Gasteiger charge is 2.35. The van der Waals surface area contributed by atoms with Gasteiger partial charge in [0.05, 0.1) is 44.9 Å². The number of ketones is 14. The van der Waals surface area contributed by atoms with Gasteiger partial charge in [-0.1, -0.05) is 262 Å². The zero-order valence-electron chi connectivity index (χ0n) is 69.2. The lowest BCUT2D eigenvalue weighted by atomic mass is 9.76. The Labute approximate surface area is 594 Å². The van der Waals surface area contributed by atoms with Crippen LogP contribution in [0, 0.1) is 78.3 Å². The summed E-state index contributed by atoms with van der Waals surface area (Å²) < 4.78 is 0. The lowest BCUT2D eigenvalue weighted by Gasteiger charge is -2.26. The second-order valence-electron chi connectivity index (χ2n) is 36.6.